The van der Waals surface area contributed by atoms with E-state index in [4.69, 9.17) is 0 Å². The van der Waals surface area contributed by atoms with Gasteiger partial charge in [-0.05, 0) is 59.7 Å². The van der Waals surface area contributed by atoms with Crippen molar-refractivity contribution in [2.75, 3.05) is 0 Å². The lowest BCUT2D eigenvalue weighted by Crippen LogP contribution is -2.04. The van der Waals surface area contributed by atoms with Gasteiger partial charge in [0.25, 0.3) is 0 Å². The van der Waals surface area contributed by atoms with Crippen molar-refractivity contribution in [1.82, 2.24) is 9.55 Å². The summed E-state index contributed by atoms with van der Waals surface area (Å²) < 4.78 is 42.7. The van der Waals surface area contributed by atoms with E-state index in [1.165, 1.54) is 12.1 Å². The second-order valence-electron chi connectivity index (χ2n) is 8.71. The number of hydrogen-bond donors (Lipinski definition) is 0. The molecule has 3 nitrogen and oxygen atoms in total. The summed E-state index contributed by atoms with van der Waals surface area (Å²) in [5, 5.41) is 11.3. The molecule has 0 bridgehead atoms. The lowest BCUT2D eigenvalue weighted by Gasteiger charge is -2.17. The summed E-state index contributed by atoms with van der Waals surface area (Å²) in [6.45, 7) is 0. The molecule has 0 fully saturated rings. The molecule has 0 spiro atoms. The van der Waals surface area contributed by atoms with Crippen LogP contribution in [0.1, 0.15) is 11.1 Å². The number of halogens is 3. The van der Waals surface area contributed by atoms with Crippen molar-refractivity contribution in [2.24, 2.45) is 0 Å². The Kier molecular flexibility index (Phi) is 5.27. The number of nitriles is 1. The van der Waals surface area contributed by atoms with E-state index in [1.54, 1.807) is 12.4 Å². The van der Waals surface area contributed by atoms with Gasteiger partial charge in [0.15, 0.2) is 0 Å². The Morgan fingerprint density at radius 1 is 0.676 bits per heavy atom. The van der Waals surface area contributed by atoms with E-state index in [2.05, 4.69) is 11.1 Å². The maximum absolute atomic E-state index is 13.6. The van der Waals surface area contributed by atoms with Gasteiger partial charge in [0.1, 0.15) is 0 Å². The quantitative estimate of drug-likeness (QED) is 0.250. The summed E-state index contributed by atoms with van der Waals surface area (Å²) >= 11 is 0. The summed E-state index contributed by atoms with van der Waals surface area (Å²) in [5.41, 5.74) is 5.26. The van der Waals surface area contributed by atoms with Gasteiger partial charge in [-0.3, -0.25) is 4.98 Å². The van der Waals surface area contributed by atoms with Crippen LogP contribution in [0.4, 0.5) is 13.2 Å². The molecule has 2 heterocycles. The van der Waals surface area contributed by atoms with E-state index in [9.17, 15) is 18.4 Å². The number of para-hydroxylation sites is 1. The van der Waals surface area contributed by atoms with Gasteiger partial charge in [-0.15, -0.1) is 0 Å². The van der Waals surface area contributed by atoms with Gasteiger partial charge in [0.2, 0.25) is 0 Å². The highest BCUT2D eigenvalue weighted by Gasteiger charge is 2.31. The average molecular weight is 490 g/mol. The molecule has 178 valence electrons. The fraction of sp³-hybridized carbons (Fsp3) is 0.0323. The molecule has 0 saturated heterocycles. The predicted octanol–water partition coefficient (Wildman–Crippen LogP) is 8.40. The number of aromatic nitrogens is 2. The third-order valence-electron chi connectivity index (χ3n) is 6.57. The van der Waals surface area contributed by atoms with Crippen LogP contribution in [-0.2, 0) is 6.18 Å². The number of fused-ring (bicyclic) bond motifs is 3. The molecule has 4 aromatic carbocycles. The Balaban J connectivity index is 1.74. The number of hydrogen-bond acceptors (Lipinski definition) is 2. The van der Waals surface area contributed by atoms with Gasteiger partial charge in [-0.2, -0.15) is 18.4 Å². The lowest BCUT2D eigenvalue weighted by molar-refractivity contribution is -0.137. The minimum atomic E-state index is -4.45. The molecule has 0 atom stereocenters. The zero-order valence-corrected chi connectivity index (χ0v) is 19.4. The zero-order chi connectivity index (χ0) is 25.6. The third-order valence-corrected chi connectivity index (χ3v) is 6.57. The molecular formula is C31H18F3N3. The summed E-state index contributed by atoms with van der Waals surface area (Å²) in [6, 6.07) is 30.8. The lowest BCUT2D eigenvalue weighted by atomic mass is 9.93. The van der Waals surface area contributed by atoms with Crippen LogP contribution in [0.3, 0.4) is 0 Å². The topological polar surface area (TPSA) is 41.6 Å². The normalized spacial score (nSPS) is 11.6. The molecule has 0 unspecified atom stereocenters. The van der Waals surface area contributed by atoms with Gasteiger partial charge >= 0.3 is 6.18 Å². The van der Waals surface area contributed by atoms with E-state index >= 15 is 0 Å². The Morgan fingerprint density at radius 3 is 2.08 bits per heavy atom. The number of pyridine rings is 1. The molecule has 0 amide bonds. The first kappa shape index (κ1) is 22.6. The molecule has 0 aliphatic heterocycles. The van der Waals surface area contributed by atoms with E-state index in [0.29, 0.717) is 27.5 Å². The van der Waals surface area contributed by atoms with Crippen LogP contribution in [0, 0.1) is 11.3 Å². The SMILES string of the molecule is N#Cc1cc(-n2c3ccccc3c3cc(C(F)(F)F)ccc32)c(-c2ccccc2)cc1-c1ccncc1. The van der Waals surface area contributed by atoms with Crippen molar-refractivity contribution in [3.63, 3.8) is 0 Å². The van der Waals surface area contributed by atoms with Crippen LogP contribution in [-0.4, -0.2) is 9.55 Å². The molecule has 37 heavy (non-hydrogen) atoms. The molecule has 2 aromatic heterocycles. The molecule has 0 aliphatic carbocycles. The van der Waals surface area contributed by atoms with Crippen molar-refractivity contribution in [1.29, 1.82) is 5.26 Å². The average Bonchev–Trinajstić information content (AvgIpc) is 3.26. The van der Waals surface area contributed by atoms with E-state index < -0.39 is 11.7 Å². The van der Waals surface area contributed by atoms with Gasteiger partial charge in [0, 0.05) is 34.3 Å². The fourth-order valence-corrected chi connectivity index (χ4v) is 4.89. The van der Waals surface area contributed by atoms with E-state index in [-0.39, 0.29) is 0 Å². The van der Waals surface area contributed by atoms with Crippen LogP contribution in [0.5, 0.6) is 0 Å². The highest BCUT2D eigenvalue weighted by Crippen LogP contribution is 2.41. The van der Waals surface area contributed by atoms with Gasteiger partial charge in [-0.25, -0.2) is 0 Å². The fourth-order valence-electron chi connectivity index (χ4n) is 4.89. The minimum absolute atomic E-state index is 0.457. The van der Waals surface area contributed by atoms with Crippen molar-refractivity contribution in [3.05, 3.63) is 121 Å². The van der Waals surface area contributed by atoms with E-state index in [1.807, 2.05) is 83.4 Å². The smallest absolute Gasteiger partial charge is 0.309 e. The molecule has 0 aliphatic rings. The first-order chi connectivity index (χ1) is 18.0. The standard InChI is InChI=1S/C31H18F3N3/c32-31(33,34)23-10-11-29-27(17-23)24-8-4-5-9-28(24)37(29)30-16-22(19-35)25(21-12-14-36-15-13-21)18-26(30)20-6-2-1-3-7-20/h1-18H. The van der Waals surface area contributed by atoms with Crippen molar-refractivity contribution < 1.29 is 13.2 Å². The predicted molar refractivity (Wildman–Crippen MR) is 139 cm³/mol. The Labute approximate surface area is 210 Å². The largest absolute Gasteiger partial charge is 0.416 e. The molecule has 6 aromatic rings. The molecule has 0 radical (unpaired) electrons. The third kappa shape index (κ3) is 3.82. The number of benzene rings is 4. The summed E-state index contributed by atoms with van der Waals surface area (Å²) in [6.07, 6.45) is -1.09. The number of alkyl halides is 3. The molecule has 6 heteroatoms. The maximum Gasteiger partial charge on any atom is 0.416 e. The molecule has 6 rings (SSSR count). The maximum atomic E-state index is 13.6. The first-order valence-electron chi connectivity index (χ1n) is 11.6. The minimum Gasteiger partial charge on any atom is -0.309 e. The molecular weight excluding hydrogens is 471 g/mol. The highest BCUT2D eigenvalue weighted by atomic mass is 19.4. The second kappa shape index (κ2) is 8.65. The monoisotopic (exact) mass is 489 g/mol. The van der Waals surface area contributed by atoms with Crippen LogP contribution in [0.2, 0.25) is 0 Å². The second-order valence-corrected chi connectivity index (χ2v) is 8.71. The van der Waals surface area contributed by atoms with Crippen LogP contribution in [0.25, 0.3) is 49.7 Å². The van der Waals surface area contributed by atoms with Crippen LogP contribution in [0.15, 0.2) is 109 Å². The van der Waals surface area contributed by atoms with E-state index in [0.717, 1.165) is 33.8 Å². The Bertz CT molecular complexity index is 1810. The highest BCUT2D eigenvalue weighted by molar-refractivity contribution is 6.10. The Morgan fingerprint density at radius 2 is 1.35 bits per heavy atom. The first-order valence-corrected chi connectivity index (χ1v) is 11.6. The summed E-state index contributed by atoms with van der Waals surface area (Å²) in [7, 11) is 0. The Hall–Kier alpha value is -4.89. The zero-order valence-electron chi connectivity index (χ0n) is 19.4. The molecule has 0 N–H and O–H groups in total. The summed E-state index contributed by atoms with van der Waals surface area (Å²) in [5.74, 6) is 0. The molecule has 0 saturated carbocycles. The number of rotatable bonds is 3. The van der Waals surface area contributed by atoms with Gasteiger partial charge in [0.05, 0.1) is 33.9 Å². The van der Waals surface area contributed by atoms with Crippen LogP contribution < -0.4 is 0 Å². The number of nitrogens with zero attached hydrogens (tertiary/aromatic N) is 3. The van der Waals surface area contributed by atoms with Gasteiger partial charge in [-0.1, -0.05) is 48.5 Å². The van der Waals surface area contributed by atoms with Gasteiger partial charge < -0.3 is 4.57 Å². The summed E-state index contributed by atoms with van der Waals surface area (Å²) in [4.78, 5) is 4.09. The van der Waals surface area contributed by atoms with Crippen molar-refractivity contribution in [2.45, 2.75) is 6.18 Å². The van der Waals surface area contributed by atoms with Crippen LogP contribution >= 0.6 is 0 Å². The van der Waals surface area contributed by atoms with Crippen molar-refractivity contribution >= 4 is 21.8 Å². The van der Waals surface area contributed by atoms with Crippen molar-refractivity contribution in [3.8, 4) is 34.0 Å².